The molecular weight excluding hydrogens is 221 g/mol. The van der Waals surface area contributed by atoms with E-state index in [4.69, 9.17) is 33.7 Å². The maximum Gasteiger partial charge on any atom is 0.0961 e. The lowest BCUT2D eigenvalue weighted by molar-refractivity contribution is 0.0689. The largest absolute Gasteiger partial charge is 0.372 e. The molecule has 0 aliphatic heterocycles. The Morgan fingerprint density at radius 1 is 1.43 bits per heavy atom. The minimum absolute atomic E-state index is 0.175. The van der Waals surface area contributed by atoms with Crippen LogP contribution in [-0.2, 0) is 4.74 Å². The van der Waals surface area contributed by atoms with Crippen LogP contribution >= 0.6 is 23.2 Å². The molecule has 0 heterocycles. The minimum atomic E-state index is -0.175. The molecule has 0 radical (unpaired) electrons. The van der Waals surface area contributed by atoms with Crippen LogP contribution in [0, 0.1) is 0 Å². The number of halogens is 2. The molecule has 2 N–H and O–H groups in total. The van der Waals surface area contributed by atoms with Crippen LogP contribution in [-0.4, -0.2) is 13.2 Å². The molecule has 78 valence electrons. The second kappa shape index (κ2) is 5.56. The Kier molecular flexibility index (Phi) is 4.69. The fraction of sp³-hybridized carbons (Fsp3) is 0.400. The Morgan fingerprint density at radius 2 is 2.14 bits per heavy atom. The SMILES string of the molecule is CCOC(CN)c1cccc(Cl)c1Cl. The predicted molar refractivity (Wildman–Crippen MR) is 59.9 cm³/mol. The molecule has 2 nitrogen and oxygen atoms in total. The Labute approximate surface area is 94.0 Å². The van der Waals surface area contributed by atoms with Gasteiger partial charge in [-0.1, -0.05) is 35.3 Å². The third kappa shape index (κ3) is 2.61. The molecule has 0 aliphatic carbocycles. The normalized spacial score (nSPS) is 12.9. The van der Waals surface area contributed by atoms with Crippen LogP contribution in [0.4, 0.5) is 0 Å². The van der Waals surface area contributed by atoms with Crippen molar-refractivity contribution in [2.75, 3.05) is 13.2 Å². The fourth-order valence-electron chi connectivity index (χ4n) is 1.26. The first-order chi connectivity index (χ1) is 6.70. The molecular formula is C10H13Cl2NO. The zero-order chi connectivity index (χ0) is 10.6. The molecule has 0 saturated heterocycles. The Hall–Kier alpha value is -0.280. The zero-order valence-electron chi connectivity index (χ0n) is 7.97. The Balaban J connectivity index is 2.97. The zero-order valence-corrected chi connectivity index (χ0v) is 9.48. The molecule has 14 heavy (non-hydrogen) atoms. The van der Waals surface area contributed by atoms with E-state index in [0.717, 1.165) is 5.56 Å². The van der Waals surface area contributed by atoms with Crippen molar-refractivity contribution in [2.45, 2.75) is 13.0 Å². The first-order valence-electron chi connectivity index (χ1n) is 4.46. The molecule has 0 bridgehead atoms. The van der Waals surface area contributed by atoms with E-state index in [-0.39, 0.29) is 6.10 Å². The lowest BCUT2D eigenvalue weighted by Crippen LogP contribution is -2.16. The van der Waals surface area contributed by atoms with E-state index in [9.17, 15) is 0 Å². The highest BCUT2D eigenvalue weighted by molar-refractivity contribution is 6.42. The summed E-state index contributed by atoms with van der Waals surface area (Å²) in [5, 5.41) is 1.06. The van der Waals surface area contributed by atoms with Crippen LogP contribution in [0.3, 0.4) is 0 Å². The van der Waals surface area contributed by atoms with Crippen molar-refractivity contribution in [1.29, 1.82) is 0 Å². The van der Waals surface area contributed by atoms with E-state index in [1.165, 1.54) is 0 Å². The number of ether oxygens (including phenoxy) is 1. The third-order valence-electron chi connectivity index (χ3n) is 1.91. The lowest BCUT2D eigenvalue weighted by Gasteiger charge is -2.16. The molecule has 1 aromatic rings. The number of nitrogens with two attached hydrogens (primary N) is 1. The molecule has 1 aromatic carbocycles. The van der Waals surface area contributed by atoms with E-state index in [2.05, 4.69) is 0 Å². The van der Waals surface area contributed by atoms with Crippen LogP contribution in [0.1, 0.15) is 18.6 Å². The van der Waals surface area contributed by atoms with E-state index in [1.807, 2.05) is 19.1 Å². The highest BCUT2D eigenvalue weighted by Gasteiger charge is 2.14. The van der Waals surface area contributed by atoms with Crippen molar-refractivity contribution < 1.29 is 4.74 Å². The summed E-state index contributed by atoms with van der Waals surface area (Å²) in [6.07, 6.45) is -0.175. The van der Waals surface area contributed by atoms with Crippen LogP contribution in [0.5, 0.6) is 0 Å². The average molecular weight is 234 g/mol. The molecule has 0 amide bonds. The van der Waals surface area contributed by atoms with E-state index < -0.39 is 0 Å². The Morgan fingerprint density at radius 3 is 2.71 bits per heavy atom. The Bertz CT molecular complexity index is 304. The highest BCUT2D eigenvalue weighted by Crippen LogP contribution is 2.30. The van der Waals surface area contributed by atoms with Gasteiger partial charge in [-0.05, 0) is 13.0 Å². The summed E-state index contributed by atoms with van der Waals surface area (Å²) in [4.78, 5) is 0. The van der Waals surface area contributed by atoms with Crippen molar-refractivity contribution in [3.05, 3.63) is 33.8 Å². The summed E-state index contributed by atoms with van der Waals surface area (Å²) in [6, 6.07) is 5.46. The highest BCUT2D eigenvalue weighted by atomic mass is 35.5. The quantitative estimate of drug-likeness (QED) is 0.868. The fourth-order valence-corrected chi connectivity index (χ4v) is 1.68. The van der Waals surface area contributed by atoms with Crippen molar-refractivity contribution in [3.8, 4) is 0 Å². The summed E-state index contributed by atoms with van der Waals surface area (Å²) < 4.78 is 5.44. The van der Waals surface area contributed by atoms with Gasteiger partial charge < -0.3 is 10.5 Å². The van der Waals surface area contributed by atoms with Gasteiger partial charge in [-0.3, -0.25) is 0 Å². The number of rotatable bonds is 4. The molecule has 0 fully saturated rings. The van der Waals surface area contributed by atoms with Gasteiger partial charge in [0.2, 0.25) is 0 Å². The molecule has 1 unspecified atom stereocenters. The van der Waals surface area contributed by atoms with Crippen LogP contribution in [0.2, 0.25) is 10.0 Å². The average Bonchev–Trinajstić information content (AvgIpc) is 2.19. The molecule has 4 heteroatoms. The number of hydrogen-bond acceptors (Lipinski definition) is 2. The molecule has 0 saturated carbocycles. The first kappa shape index (κ1) is 11.8. The summed E-state index contributed by atoms with van der Waals surface area (Å²) in [6.45, 7) is 2.92. The van der Waals surface area contributed by atoms with Crippen LogP contribution < -0.4 is 5.73 Å². The summed E-state index contributed by atoms with van der Waals surface area (Å²) >= 11 is 11.9. The van der Waals surface area contributed by atoms with Gasteiger partial charge in [0.25, 0.3) is 0 Å². The van der Waals surface area contributed by atoms with Crippen molar-refractivity contribution in [2.24, 2.45) is 5.73 Å². The third-order valence-corrected chi connectivity index (χ3v) is 2.74. The summed E-state index contributed by atoms with van der Waals surface area (Å²) in [5.74, 6) is 0. The summed E-state index contributed by atoms with van der Waals surface area (Å²) in [7, 11) is 0. The van der Waals surface area contributed by atoms with Crippen molar-refractivity contribution in [1.82, 2.24) is 0 Å². The van der Waals surface area contributed by atoms with Gasteiger partial charge in [0.1, 0.15) is 0 Å². The van der Waals surface area contributed by atoms with Gasteiger partial charge in [-0.15, -0.1) is 0 Å². The number of benzene rings is 1. The van der Waals surface area contributed by atoms with E-state index >= 15 is 0 Å². The maximum atomic E-state index is 6.03. The monoisotopic (exact) mass is 233 g/mol. The minimum Gasteiger partial charge on any atom is -0.372 e. The topological polar surface area (TPSA) is 35.2 Å². The lowest BCUT2D eigenvalue weighted by atomic mass is 10.1. The van der Waals surface area contributed by atoms with Gasteiger partial charge in [0, 0.05) is 18.7 Å². The van der Waals surface area contributed by atoms with Crippen LogP contribution in [0.25, 0.3) is 0 Å². The standard InChI is InChI=1S/C10H13Cl2NO/c1-2-14-9(6-13)7-4-3-5-8(11)10(7)12/h3-5,9H,2,6,13H2,1H3. The van der Waals surface area contributed by atoms with Gasteiger partial charge in [0.05, 0.1) is 16.1 Å². The number of hydrogen-bond donors (Lipinski definition) is 1. The summed E-state index contributed by atoms with van der Waals surface area (Å²) in [5.41, 5.74) is 6.43. The van der Waals surface area contributed by atoms with Crippen molar-refractivity contribution >= 4 is 23.2 Å². The molecule has 0 spiro atoms. The van der Waals surface area contributed by atoms with Crippen molar-refractivity contribution in [3.63, 3.8) is 0 Å². The van der Waals surface area contributed by atoms with Gasteiger partial charge in [0.15, 0.2) is 0 Å². The van der Waals surface area contributed by atoms with Gasteiger partial charge in [-0.2, -0.15) is 0 Å². The molecule has 1 atom stereocenters. The predicted octanol–water partition coefficient (Wildman–Crippen LogP) is 3.03. The molecule has 1 rings (SSSR count). The first-order valence-corrected chi connectivity index (χ1v) is 5.21. The van der Waals surface area contributed by atoms with E-state index in [1.54, 1.807) is 6.07 Å². The smallest absolute Gasteiger partial charge is 0.0961 e. The second-order valence-corrected chi connectivity index (χ2v) is 3.61. The second-order valence-electron chi connectivity index (χ2n) is 2.82. The molecule has 0 aromatic heterocycles. The molecule has 0 aliphatic rings. The van der Waals surface area contributed by atoms with Crippen LogP contribution in [0.15, 0.2) is 18.2 Å². The van der Waals surface area contributed by atoms with E-state index in [0.29, 0.717) is 23.2 Å². The maximum absolute atomic E-state index is 6.03. The van der Waals surface area contributed by atoms with Gasteiger partial charge in [-0.25, -0.2) is 0 Å². The van der Waals surface area contributed by atoms with Gasteiger partial charge >= 0.3 is 0 Å².